The van der Waals surface area contributed by atoms with Gasteiger partial charge in [-0.25, -0.2) is 13.8 Å². The lowest BCUT2D eigenvalue weighted by Gasteiger charge is -2.62. The maximum atomic E-state index is 17.6. The van der Waals surface area contributed by atoms with E-state index < -0.39 is 110 Å². The molecule has 1 aromatic heterocycles. The molecule has 1 aliphatic heterocycles. The van der Waals surface area contributed by atoms with Crippen molar-refractivity contribution in [1.82, 2.24) is 9.55 Å². The summed E-state index contributed by atoms with van der Waals surface area (Å²) in [7, 11) is -7.85. The van der Waals surface area contributed by atoms with E-state index in [1.54, 1.807) is 20.8 Å². The van der Waals surface area contributed by atoms with Crippen molar-refractivity contribution in [3.8, 4) is 0 Å². The number of rotatable bonds is 9. The van der Waals surface area contributed by atoms with Gasteiger partial charge in [-0.05, 0) is 81.7 Å². The molecule has 3 saturated carbocycles. The van der Waals surface area contributed by atoms with Crippen molar-refractivity contribution in [2.45, 2.75) is 127 Å². The summed E-state index contributed by atoms with van der Waals surface area (Å²) < 4.78 is 55.7. The van der Waals surface area contributed by atoms with Gasteiger partial charge in [0.05, 0.1) is 12.2 Å². The number of ether oxygens (including phenoxy) is 1. The van der Waals surface area contributed by atoms with Crippen molar-refractivity contribution in [2.75, 3.05) is 6.61 Å². The number of H-pyrrole nitrogens is 1. The first-order chi connectivity index (χ1) is 24.7. The van der Waals surface area contributed by atoms with Crippen molar-refractivity contribution in [1.29, 1.82) is 0 Å². The SMILES string of the molecule is [CH2][C@H]1O[C@@H](n2ccc(=O)[nH]c2=O)[C@H](O[Si](C)(C)C(C)(C)C)[C@@H]1OP(=O)(O)OCC(=O)[C@@]1(O)[C@H](C)C[C@H]2[C@@H]3CCC4=CC(=O)C=C[C@]4(C)[C@@]3(F)[C@@H](O)C[C@@]21C. The minimum Gasteiger partial charge on any atom is -0.407 e. The van der Waals surface area contributed by atoms with Crippen LogP contribution in [0.1, 0.15) is 73.5 Å². The Hall–Kier alpha value is -2.40. The Morgan fingerprint density at radius 1 is 1.20 bits per heavy atom. The first-order valence-electron chi connectivity index (χ1n) is 18.4. The number of aliphatic hydroxyl groups excluding tert-OH is 1. The van der Waals surface area contributed by atoms with Crippen LogP contribution in [-0.4, -0.2) is 86.8 Å². The molecule has 17 heteroatoms. The number of carbonyl (C=O) groups excluding carboxylic acids is 2. The maximum Gasteiger partial charge on any atom is 0.473 e. The molecule has 1 aromatic rings. The van der Waals surface area contributed by atoms with E-state index in [1.807, 2.05) is 33.9 Å². The molecule has 0 amide bonds. The molecule has 4 fully saturated rings. The second kappa shape index (κ2) is 13.3. The normalized spacial score (nSPS) is 41.8. The van der Waals surface area contributed by atoms with Gasteiger partial charge in [-0.2, -0.15) is 0 Å². The molecular weight excluding hydrogens is 742 g/mol. The fourth-order valence-electron chi connectivity index (χ4n) is 9.90. The predicted molar refractivity (Wildman–Crippen MR) is 196 cm³/mol. The summed E-state index contributed by atoms with van der Waals surface area (Å²) in [6.45, 7) is 17.6. The minimum atomic E-state index is -5.15. The third kappa shape index (κ3) is 6.19. The highest BCUT2D eigenvalue weighted by Gasteiger charge is 2.75. The van der Waals surface area contributed by atoms with Crippen molar-refractivity contribution in [3.05, 3.63) is 63.8 Å². The minimum absolute atomic E-state index is 0.242. The number of nitrogens with zero attached hydrogens (tertiary/aromatic N) is 1. The zero-order valence-electron chi connectivity index (χ0n) is 32.0. The number of fused-ring (bicyclic) bond motifs is 5. The fraction of sp³-hybridized carbons (Fsp3) is 0.703. The van der Waals surface area contributed by atoms with Crippen LogP contribution in [0.5, 0.6) is 0 Å². The zero-order valence-corrected chi connectivity index (χ0v) is 33.9. The van der Waals surface area contributed by atoms with Crippen LogP contribution in [0.4, 0.5) is 4.39 Å². The first kappa shape index (κ1) is 41.2. The molecule has 1 radical (unpaired) electrons. The van der Waals surface area contributed by atoms with Gasteiger partial charge < -0.3 is 24.3 Å². The van der Waals surface area contributed by atoms with Gasteiger partial charge in [0.15, 0.2) is 31.8 Å². The summed E-state index contributed by atoms with van der Waals surface area (Å²) in [6, 6.07) is 1.11. The van der Waals surface area contributed by atoms with Gasteiger partial charge in [0.2, 0.25) is 0 Å². The van der Waals surface area contributed by atoms with Crippen LogP contribution in [0.2, 0.25) is 18.1 Å². The largest absolute Gasteiger partial charge is 0.473 e. The van der Waals surface area contributed by atoms with E-state index in [-0.39, 0.29) is 23.7 Å². The predicted octanol–water partition coefficient (Wildman–Crippen LogP) is 4.08. The van der Waals surface area contributed by atoms with E-state index >= 15 is 4.39 Å². The first-order valence-corrected chi connectivity index (χ1v) is 22.8. The van der Waals surface area contributed by atoms with Crippen LogP contribution in [0.15, 0.2) is 45.7 Å². The lowest BCUT2D eigenvalue weighted by molar-refractivity contribution is -0.219. The summed E-state index contributed by atoms with van der Waals surface area (Å²) in [6.07, 6.45) is -0.455. The number of phosphoric ester groups is 1. The Morgan fingerprint density at radius 2 is 1.87 bits per heavy atom. The van der Waals surface area contributed by atoms with Gasteiger partial charge in [0, 0.05) is 29.0 Å². The molecule has 1 unspecified atom stereocenters. The van der Waals surface area contributed by atoms with Gasteiger partial charge in [0.25, 0.3) is 5.56 Å². The number of hydrogen-bond acceptors (Lipinski definition) is 11. The third-order valence-corrected chi connectivity index (χ3v) is 19.3. The number of nitrogens with one attached hydrogen (secondary N) is 1. The summed E-state index contributed by atoms with van der Waals surface area (Å²) in [5.41, 5.74) is -7.79. The van der Waals surface area contributed by atoms with Crippen LogP contribution < -0.4 is 11.2 Å². The number of Topliss-reactive ketones (excluding diaryl/α,β-unsaturated/α-hetero) is 1. The highest BCUT2D eigenvalue weighted by Crippen LogP contribution is 2.71. The van der Waals surface area contributed by atoms with Gasteiger partial charge in [-0.3, -0.25) is 33.0 Å². The lowest BCUT2D eigenvalue weighted by atomic mass is 9.44. The maximum absolute atomic E-state index is 17.6. The number of phosphoric acid groups is 1. The average molecular weight is 796 g/mol. The number of ketones is 2. The number of carbonyl (C=O) groups is 2. The van der Waals surface area contributed by atoms with E-state index in [9.17, 15) is 38.8 Å². The van der Waals surface area contributed by atoms with E-state index in [2.05, 4.69) is 11.9 Å². The van der Waals surface area contributed by atoms with Crippen LogP contribution in [0, 0.1) is 35.5 Å². The van der Waals surface area contributed by atoms with Crippen molar-refractivity contribution < 1.29 is 51.9 Å². The topological polar surface area (TPSA) is 204 Å². The van der Waals surface area contributed by atoms with Gasteiger partial charge in [-0.1, -0.05) is 46.3 Å². The molecule has 13 atom stereocenters. The summed E-state index contributed by atoms with van der Waals surface area (Å²) in [4.78, 5) is 64.1. The molecule has 4 N–H and O–H groups in total. The molecule has 1 saturated heterocycles. The highest BCUT2D eigenvalue weighted by atomic mass is 31.2. The fourth-order valence-corrected chi connectivity index (χ4v) is 12.1. The van der Waals surface area contributed by atoms with Gasteiger partial charge in [-0.15, -0.1) is 0 Å². The number of aromatic amines is 1. The quantitative estimate of drug-likeness (QED) is 0.206. The Morgan fingerprint density at radius 3 is 2.50 bits per heavy atom. The van der Waals surface area contributed by atoms with Crippen LogP contribution in [-0.2, 0) is 32.4 Å². The molecule has 0 bridgehead atoms. The summed E-state index contributed by atoms with van der Waals surface area (Å²) in [5, 5.41) is 23.6. The molecule has 0 aromatic carbocycles. The Kier molecular flexibility index (Phi) is 10.2. The Labute approximate surface area is 314 Å². The van der Waals surface area contributed by atoms with E-state index in [1.165, 1.54) is 24.4 Å². The van der Waals surface area contributed by atoms with E-state index in [4.69, 9.17) is 18.2 Å². The summed E-state index contributed by atoms with van der Waals surface area (Å²) in [5.74, 6) is -3.23. The van der Waals surface area contributed by atoms with Crippen molar-refractivity contribution >= 4 is 27.7 Å². The van der Waals surface area contributed by atoms with Crippen molar-refractivity contribution in [2.24, 2.45) is 28.6 Å². The lowest BCUT2D eigenvalue weighted by Crippen LogP contribution is -2.69. The molecule has 299 valence electrons. The third-order valence-electron chi connectivity index (χ3n) is 13.9. The number of hydrogen-bond donors (Lipinski definition) is 4. The smallest absolute Gasteiger partial charge is 0.407 e. The molecular formula is C37H53FN2O12PSi. The standard InChI is InChI=1S/C37H53FN2O12PSi/c1-20-16-25-24-11-10-22-17-23(41)12-14-34(22,6)36(24,38)26(42)18-35(25,7)37(20,46)27(43)19-49-53(47,48)51-29-21(2)50-31(40-15-13-28(44)39-32(40)45)30(29)52-54(8,9)33(3,4)5/h12-15,17,20-21,24-26,29-31,42,46H,2,10-11,16,18-19H2,1,3-9H3,(H,47,48)(H,39,44,45)/t20-,21-,24+,25+,26+,29-,30-,31-,34+,35+,36+,37+/m1/s1. The number of allylic oxidation sites excluding steroid dienone is 4. The van der Waals surface area contributed by atoms with Crippen LogP contribution >= 0.6 is 7.82 Å². The van der Waals surface area contributed by atoms with Crippen LogP contribution in [0.25, 0.3) is 0 Å². The number of aliphatic hydroxyl groups is 2. The van der Waals surface area contributed by atoms with Gasteiger partial charge in [0.1, 0.15) is 24.4 Å². The number of halogens is 1. The zero-order chi connectivity index (χ0) is 40.2. The highest BCUT2D eigenvalue weighted by molar-refractivity contribution is 7.47. The molecule has 4 aliphatic carbocycles. The second-order valence-corrected chi connectivity index (χ2v) is 24.0. The van der Waals surface area contributed by atoms with Crippen molar-refractivity contribution in [3.63, 3.8) is 0 Å². The van der Waals surface area contributed by atoms with E-state index in [0.717, 1.165) is 10.6 Å². The molecule has 54 heavy (non-hydrogen) atoms. The molecule has 2 heterocycles. The number of alkyl halides is 1. The number of aromatic nitrogens is 2. The monoisotopic (exact) mass is 795 g/mol. The van der Waals surface area contributed by atoms with Crippen LogP contribution in [0.3, 0.4) is 0 Å². The van der Waals surface area contributed by atoms with E-state index in [0.29, 0.717) is 18.4 Å². The average Bonchev–Trinajstić information content (AvgIpc) is 3.45. The molecule has 5 aliphatic rings. The summed E-state index contributed by atoms with van der Waals surface area (Å²) >= 11 is 0. The van der Waals surface area contributed by atoms with Gasteiger partial charge >= 0.3 is 13.5 Å². The molecule has 0 spiro atoms. The Bertz CT molecular complexity index is 1940. The molecule has 6 rings (SSSR count). The second-order valence-electron chi connectivity index (χ2n) is 17.8. The molecule has 14 nitrogen and oxygen atoms in total. The Balaban J connectivity index is 1.23.